The van der Waals surface area contributed by atoms with Gasteiger partial charge in [0.05, 0.1) is 4.90 Å². The summed E-state index contributed by atoms with van der Waals surface area (Å²) >= 11 is 0. The molecule has 2 amide bonds. The van der Waals surface area contributed by atoms with Crippen LogP contribution in [0.4, 0.5) is 11.4 Å². The number of aryl methyl sites for hydroxylation is 1. The first kappa shape index (κ1) is 22.5. The Kier molecular flexibility index (Phi) is 6.62. The van der Waals surface area contributed by atoms with Crippen molar-refractivity contribution in [3.05, 3.63) is 54.1 Å². The third kappa shape index (κ3) is 4.56. The molecule has 4 rings (SSSR count). The predicted molar refractivity (Wildman–Crippen MR) is 124 cm³/mol. The fourth-order valence-electron chi connectivity index (χ4n) is 4.41. The van der Waals surface area contributed by atoms with Crippen LogP contribution in [-0.2, 0) is 26.0 Å². The van der Waals surface area contributed by atoms with Gasteiger partial charge in [0.2, 0.25) is 21.8 Å². The number of para-hydroxylation sites is 1. The molecule has 0 atom stereocenters. The topological polar surface area (TPSA) is 86.8 Å². The fourth-order valence-corrected chi connectivity index (χ4v) is 5.88. The summed E-state index contributed by atoms with van der Waals surface area (Å²) in [4.78, 5) is 26.6. The van der Waals surface area contributed by atoms with Crippen LogP contribution in [0.25, 0.3) is 0 Å². The Morgan fingerprint density at radius 3 is 2.34 bits per heavy atom. The lowest BCUT2D eigenvalue weighted by Gasteiger charge is -2.30. The number of carbonyl (C=O) groups excluding carboxylic acids is 2. The van der Waals surface area contributed by atoms with Gasteiger partial charge in [0, 0.05) is 43.3 Å². The molecule has 2 heterocycles. The molecule has 2 fully saturated rings. The number of hydrogen-bond donors (Lipinski definition) is 1. The maximum atomic E-state index is 13.1. The van der Waals surface area contributed by atoms with Crippen LogP contribution in [0.2, 0.25) is 0 Å². The summed E-state index contributed by atoms with van der Waals surface area (Å²) in [6, 6.07) is 14.3. The van der Waals surface area contributed by atoms with E-state index in [1.54, 1.807) is 29.2 Å². The third-order valence-electron chi connectivity index (χ3n) is 6.34. The van der Waals surface area contributed by atoms with E-state index in [1.807, 2.05) is 31.2 Å². The van der Waals surface area contributed by atoms with Gasteiger partial charge in [-0.2, -0.15) is 4.31 Å². The molecular weight excluding hydrogens is 426 g/mol. The summed E-state index contributed by atoms with van der Waals surface area (Å²) in [5, 5.41) is 3.01. The van der Waals surface area contributed by atoms with Gasteiger partial charge in [-0.15, -0.1) is 0 Å². The van der Waals surface area contributed by atoms with Gasteiger partial charge in [-0.3, -0.25) is 9.59 Å². The molecule has 0 spiro atoms. The first-order valence-electron chi connectivity index (χ1n) is 11.2. The molecule has 0 radical (unpaired) electrons. The van der Waals surface area contributed by atoms with Crippen LogP contribution in [0.5, 0.6) is 0 Å². The lowest BCUT2D eigenvalue weighted by atomic mass is 9.97. The number of nitrogens with one attached hydrogen (secondary N) is 1. The lowest BCUT2D eigenvalue weighted by Crippen LogP contribution is -2.41. The second-order valence-corrected chi connectivity index (χ2v) is 10.3. The third-order valence-corrected chi connectivity index (χ3v) is 8.25. The monoisotopic (exact) mass is 455 g/mol. The number of nitrogens with zero attached hydrogens (tertiary/aromatic N) is 2. The predicted octanol–water partition coefficient (Wildman–Crippen LogP) is 3.42. The second kappa shape index (κ2) is 9.42. The summed E-state index contributed by atoms with van der Waals surface area (Å²) < 4.78 is 27.6. The minimum Gasteiger partial charge on any atom is -0.326 e. The minimum atomic E-state index is -3.64. The molecular formula is C24H29N3O4S. The molecule has 8 heteroatoms. The molecule has 2 saturated heterocycles. The number of amides is 2. The second-order valence-electron chi connectivity index (χ2n) is 8.32. The van der Waals surface area contributed by atoms with E-state index in [0.717, 1.165) is 29.8 Å². The largest absolute Gasteiger partial charge is 0.326 e. The number of benzene rings is 2. The van der Waals surface area contributed by atoms with E-state index in [-0.39, 0.29) is 22.6 Å². The molecule has 2 aromatic rings. The van der Waals surface area contributed by atoms with Crippen LogP contribution in [0.1, 0.15) is 38.2 Å². The van der Waals surface area contributed by atoms with E-state index in [2.05, 4.69) is 5.32 Å². The number of anilines is 2. The van der Waals surface area contributed by atoms with Gasteiger partial charge < -0.3 is 10.2 Å². The summed E-state index contributed by atoms with van der Waals surface area (Å²) in [7, 11) is -3.64. The summed E-state index contributed by atoms with van der Waals surface area (Å²) in [6.07, 6.45) is 3.16. The minimum absolute atomic E-state index is 0.0532. The van der Waals surface area contributed by atoms with Crippen LogP contribution in [0.15, 0.2) is 53.4 Å². The number of carbonyl (C=O) groups is 2. The number of hydrogen-bond acceptors (Lipinski definition) is 4. The Labute approximate surface area is 189 Å². The van der Waals surface area contributed by atoms with E-state index >= 15 is 0 Å². The van der Waals surface area contributed by atoms with Crippen molar-refractivity contribution in [1.82, 2.24) is 4.31 Å². The van der Waals surface area contributed by atoms with Crippen molar-refractivity contribution in [3.63, 3.8) is 0 Å². The molecule has 2 aliphatic rings. The smallest absolute Gasteiger partial charge is 0.243 e. The van der Waals surface area contributed by atoms with E-state index in [9.17, 15) is 18.0 Å². The molecule has 7 nitrogen and oxygen atoms in total. The Hall–Kier alpha value is -2.71. The average Bonchev–Trinajstić information content (AvgIpc) is 3.25. The molecule has 0 bridgehead atoms. The highest BCUT2D eigenvalue weighted by atomic mass is 32.2. The van der Waals surface area contributed by atoms with E-state index in [0.29, 0.717) is 38.9 Å². The van der Waals surface area contributed by atoms with Crippen molar-refractivity contribution in [3.8, 4) is 0 Å². The molecule has 0 aliphatic carbocycles. The average molecular weight is 456 g/mol. The molecule has 1 N–H and O–H groups in total. The molecule has 2 aromatic carbocycles. The Morgan fingerprint density at radius 2 is 1.72 bits per heavy atom. The number of rotatable bonds is 6. The van der Waals surface area contributed by atoms with Gasteiger partial charge in [-0.05, 0) is 61.6 Å². The normalized spacial score (nSPS) is 18.2. The highest BCUT2D eigenvalue weighted by molar-refractivity contribution is 7.89. The van der Waals surface area contributed by atoms with Gasteiger partial charge in [-0.1, -0.05) is 25.1 Å². The maximum Gasteiger partial charge on any atom is 0.243 e. The van der Waals surface area contributed by atoms with E-state index in [4.69, 9.17) is 0 Å². The quantitative estimate of drug-likeness (QED) is 0.723. The standard InChI is InChI=1S/C24H29N3O4S/c1-2-18-6-3-4-7-22(18)25-24(29)19-13-16-26(17-14-19)32(30,31)21-11-9-20(10-12-21)27-15-5-8-23(27)28/h3-4,6-7,9-12,19H,2,5,8,13-17H2,1H3,(H,25,29). The Bertz CT molecular complexity index is 1090. The maximum absolute atomic E-state index is 13.1. The van der Waals surface area contributed by atoms with Gasteiger partial charge in [-0.25, -0.2) is 8.42 Å². The van der Waals surface area contributed by atoms with Gasteiger partial charge in [0.15, 0.2) is 0 Å². The molecule has 2 aliphatic heterocycles. The summed E-state index contributed by atoms with van der Waals surface area (Å²) in [5.41, 5.74) is 2.64. The fraction of sp³-hybridized carbons (Fsp3) is 0.417. The molecule has 0 saturated carbocycles. The first-order chi connectivity index (χ1) is 15.4. The van der Waals surface area contributed by atoms with Gasteiger partial charge in [0.25, 0.3) is 0 Å². The zero-order valence-electron chi connectivity index (χ0n) is 18.3. The van der Waals surface area contributed by atoms with Crippen molar-refractivity contribution < 1.29 is 18.0 Å². The Morgan fingerprint density at radius 1 is 1.03 bits per heavy atom. The zero-order chi connectivity index (χ0) is 22.7. The lowest BCUT2D eigenvalue weighted by molar-refractivity contribution is -0.121. The highest BCUT2D eigenvalue weighted by Crippen LogP contribution is 2.28. The van der Waals surface area contributed by atoms with Gasteiger partial charge in [0.1, 0.15) is 0 Å². The van der Waals surface area contributed by atoms with Crippen LogP contribution >= 0.6 is 0 Å². The molecule has 0 aromatic heterocycles. The van der Waals surface area contributed by atoms with Crippen LogP contribution in [-0.4, -0.2) is 44.2 Å². The molecule has 0 unspecified atom stereocenters. The molecule has 32 heavy (non-hydrogen) atoms. The zero-order valence-corrected chi connectivity index (χ0v) is 19.1. The van der Waals surface area contributed by atoms with Gasteiger partial charge >= 0.3 is 0 Å². The summed E-state index contributed by atoms with van der Waals surface area (Å²) in [5.74, 6) is -0.194. The molecule has 170 valence electrons. The van der Waals surface area contributed by atoms with Crippen LogP contribution in [0.3, 0.4) is 0 Å². The van der Waals surface area contributed by atoms with Crippen molar-refractivity contribution in [2.75, 3.05) is 29.9 Å². The van der Waals surface area contributed by atoms with Crippen LogP contribution < -0.4 is 10.2 Å². The van der Waals surface area contributed by atoms with Crippen molar-refractivity contribution in [1.29, 1.82) is 0 Å². The van der Waals surface area contributed by atoms with Crippen molar-refractivity contribution in [2.24, 2.45) is 5.92 Å². The SMILES string of the molecule is CCc1ccccc1NC(=O)C1CCN(S(=O)(=O)c2ccc(N3CCCC3=O)cc2)CC1. The highest BCUT2D eigenvalue weighted by Gasteiger charge is 2.32. The van der Waals surface area contributed by atoms with Crippen LogP contribution in [0, 0.1) is 5.92 Å². The Balaban J connectivity index is 1.37. The van der Waals surface area contributed by atoms with Crippen molar-refractivity contribution >= 4 is 33.2 Å². The number of sulfonamides is 1. The van der Waals surface area contributed by atoms with Crippen molar-refractivity contribution in [2.45, 2.75) is 43.9 Å². The first-order valence-corrected chi connectivity index (χ1v) is 12.6. The van der Waals surface area contributed by atoms with E-state index < -0.39 is 10.0 Å². The van der Waals surface area contributed by atoms with E-state index in [1.165, 1.54) is 4.31 Å². The summed E-state index contributed by atoms with van der Waals surface area (Å²) in [6.45, 7) is 3.33. The number of piperidine rings is 1.